The van der Waals surface area contributed by atoms with Crippen molar-refractivity contribution < 1.29 is 24.3 Å². The maximum Gasteiger partial charge on any atom is 0.326 e. The molecule has 0 aliphatic heterocycles. The van der Waals surface area contributed by atoms with Crippen LogP contribution in [0.5, 0.6) is 0 Å². The summed E-state index contributed by atoms with van der Waals surface area (Å²) in [6, 6.07) is 5.14. The second kappa shape index (κ2) is 9.55. The third kappa shape index (κ3) is 6.54. The van der Waals surface area contributed by atoms with E-state index in [-0.39, 0.29) is 23.9 Å². The lowest BCUT2D eigenvalue weighted by atomic mass is 10.0. The molecular weight excluding hydrogens is 338 g/mol. The fourth-order valence-electron chi connectivity index (χ4n) is 2.25. The summed E-state index contributed by atoms with van der Waals surface area (Å²) >= 11 is 0. The molecule has 3 N–H and O–H groups in total. The lowest BCUT2D eigenvalue weighted by molar-refractivity contribution is -0.142. The lowest BCUT2D eigenvalue weighted by Crippen LogP contribution is -2.46. The van der Waals surface area contributed by atoms with Crippen molar-refractivity contribution in [3.05, 3.63) is 35.4 Å². The first-order chi connectivity index (χ1) is 12.1. The molecular formula is C18H25N3O5. The standard InChI is InChI=1S/C18H25N3O5/c1-11(2)8-14(18(25)26)20-15(22)10-19-16(23)12-6-5-7-13(9-12)17(24)21(3)4/h5-7,9,11,14H,8,10H2,1-4H3,(H,19,23)(H,20,22)(H,25,26)/t14-/m0/s1. The first-order valence-electron chi connectivity index (χ1n) is 8.24. The number of amides is 3. The number of carbonyl (C=O) groups excluding carboxylic acids is 3. The van der Waals surface area contributed by atoms with Crippen molar-refractivity contribution in [1.29, 1.82) is 0 Å². The van der Waals surface area contributed by atoms with Crippen LogP contribution in [0.3, 0.4) is 0 Å². The third-order valence-electron chi connectivity index (χ3n) is 3.53. The number of benzene rings is 1. The van der Waals surface area contributed by atoms with Gasteiger partial charge in [0.15, 0.2) is 0 Å². The predicted molar refractivity (Wildman–Crippen MR) is 95.8 cm³/mol. The molecule has 142 valence electrons. The number of nitrogens with zero attached hydrogens (tertiary/aromatic N) is 1. The third-order valence-corrected chi connectivity index (χ3v) is 3.53. The van der Waals surface area contributed by atoms with Crippen LogP contribution in [0.2, 0.25) is 0 Å². The highest BCUT2D eigenvalue weighted by molar-refractivity contribution is 6.00. The highest BCUT2D eigenvalue weighted by atomic mass is 16.4. The molecule has 1 aromatic rings. The molecule has 0 aliphatic rings. The van der Waals surface area contributed by atoms with Crippen LogP contribution in [0.1, 0.15) is 41.0 Å². The van der Waals surface area contributed by atoms with Gasteiger partial charge in [0, 0.05) is 25.2 Å². The van der Waals surface area contributed by atoms with Gasteiger partial charge in [0.2, 0.25) is 5.91 Å². The number of carboxylic acid groups (broad SMARTS) is 1. The summed E-state index contributed by atoms with van der Waals surface area (Å²) in [4.78, 5) is 48.5. The molecule has 1 atom stereocenters. The number of aliphatic carboxylic acids is 1. The first-order valence-corrected chi connectivity index (χ1v) is 8.24. The van der Waals surface area contributed by atoms with E-state index in [0.29, 0.717) is 12.0 Å². The molecule has 0 bridgehead atoms. The van der Waals surface area contributed by atoms with Crippen LogP contribution < -0.4 is 10.6 Å². The van der Waals surface area contributed by atoms with Crippen LogP contribution in [0.4, 0.5) is 0 Å². The van der Waals surface area contributed by atoms with Crippen molar-refractivity contribution >= 4 is 23.7 Å². The van der Waals surface area contributed by atoms with Gasteiger partial charge in [0.05, 0.1) is 6.54 Å². The van der Waals surface area contributed by atoms with E-state index in [1.54, 1.807) is 26.2 Å². The summed E-state index contributed by atoms with van der Waals surface area (Å²) in [5, 5.41) is 13.9. The Hall–Kier alpha value is -2.90. The Morgan fingerprint density at radius 1 is 1.12 bits per heavy atom. The molecule has 0 unspecified atom stereocenters. The number of rotatable bonds is 8. The number of carbonyl (C=O) groups is 4. The molecule has 8 heteroatoms. The summed E-state index contributed by atoms with van der Waals surface area (Å²) in [5.41, 5.74) is 0.595. The van der Waals surface area contributed by atoms with Crippen LogP contribution >= 0.6 is 0 Å². The number of carboxylic acids is 1. The van der Waals surface area contributed by atoms with Crippen LogP contribution in [0.15, 0.2) is 24.3 Å². The van der Waals surface area contributed by atoms with Gasteiger partial charge < -0.3 is 20.6 Å². The van der Waals surface area contributed by atoms with E-state index in [2.05, 4.69) is 10.6 Å². The second-order valence-electron chi connectivity index (χ2n) is 6.55. The van der Waals surface area contributed by atoms with Crippen LogP contribution in [-0.2, 0) is 9.59 Å². The Labute approximate surface area is 152 Å². The minimum Gasteiger partial charge on any atom is -0.480 e. The van der Waals surface area contributed by atoms with Crippen molar-refractivity contribution in [3.63, 3.8) is 0 Å². The van der Waals surface area contributed by atoms with Gasteiger partial charge in [-0.15, -0.1) is 0 Å². The highest BCUT2D eigenvalue weighted by Crippen LogP contribution is 2.07. The summed E-state index contributed by atoms with van der Waals surface area (Å²) in [5.74, 6) is -2.37. The molecule has 0 aromatic heterocycles. The van der Waals surface area contributed by atoms with E-state index in [1.807, 2.05) is 13.8 Å². The highest BCUT2D eigenvalue weighted by Gasteiger charge is 2.21. The van der Waals surface area contributed by atoms with E-state index < -0.39 is 23.8 Å². The summed E-state index contributed by atoms with van der Waals surface area (Å²) in [6.07, 6.45) is 0.295. The fourth-order valence-corrected chi connectivity index (χ4v) is 2.25. The van der Waals surface area contributed by atoms with Crippen molar-refractivity contribution in [2.24, 2.45) is 5.92 Å². The number of hydrogen-bond acceptors (Lipinski definition) is 4. The Bertz CT molecular complexity index is 685. The van der Waals surface area contributed by atoms with Crippen molar-refractivity contribution in [2.75, 3.05) is 20.6 Å². The van der Waals surface area contributed by atoms with Gasteiger partial charge in [-0.2, -0.15) is 0 Å². The Morgan fingerprint density at radius 2 is 1.73 bits per heavy atom. The van der Waals surface area contributed by atoms with Gasteiger partial charge in [-0.25, -0.2) is 4.79 Å². The largest absolute Gasteiger partial charge is 0.480 e. The zero-order valence-corrected chi connectivity index (χ0v) is 15.4. The number of hydrogen-bond donors (Lipinski definition) is 3. The molecule has 0 aliphatic carbocycles. The normalized spacial score (nSPS) is 11.6. The molecule has 0 radical (unpaired) electrons. The van der Waals surface area contributed by atoms with Gasteiger partial charge in [0.1, 0.15) is 6.04 Å². The summed E-state index contributed by atoms with van der Waals surface area (Å²) in [7, 11) is 3.21. The fraction of sp³-hybridized carbons (Fsp3) is 0.444. The van der Waals surface area contributed by atoms with Crippen molar-refractivity contribution in [2.45, 2.75) is 26.3 Å². The Balaban J connectivity index is 2.66. The Kier molecular flexibility index (Phi) is 7.77. The van der Waals surface area contributed by atoms with Crippen molar-refractivity contribution in [3.8, 4) is 0 Å². The topological polar surface area (TPSA) is 116 Å². The summed E-state index contributed by atoms with van der Waals surface area (Å²) < 4.78 is 0. The minimum absolute atomic E-state index is 0.1000. The molecule has 0 saturated carbocycles. The van der Waals surface area contributed by atoms with E-state index >= 15 is 0 Å². The zero-order chi connectivity index (χ0) is 19.9. The maximum absolute atomic E-state index is 12.2. The van der Waals surface area contributed by atoms with Gasteiger partial charge in [-0.05, 0) is 30.5 Å². The SMILES string of the molecule is CC(C)C[C@H](NC(=O)CNC(=O)c1cccc(C(=O)N(C)C)c1)C(=O)O. The first kappa shape index (κ1) is 21.1. The van der Waals surface area contributed by atoms with Crippen LogP contribution in [0, 0.1) is 5.92 Å². The zero-order valence-electron chi connectivity index (χ0n) is 15.4. The molecule has 3 amide bonds. The number of nitrogens with one attached hydrogen (secondary N) is 2. The van der Waals surface area contributed by atoms with E-state index in [4.69, 9.17) is 5.11 Å². The second-order valence-corrected chi connectivity index (χ2v) is 6.55. The average molecular weight is 363 g/mol. The average Bonchev–Trinajstić information content (AvgIpc) is 2.57. The molecule has 1 aromatic carbocycles. The van der Waals surface area contributed by atoms with Gasteiger partial charge in [-0.1, -0.05) is 19.9 Å². The van der Waals surface area contributed by atoms with Gasteiger partial charge in [0.25, 0.3) is 11.8 Å². The molecule has 0 fully saturated rings. The predicted octanol–water partition coefficient (Wildman–Crippen LogP) is 0.734. The van der Waals surface area contributed by atoms with Crippen LogP contribution in [-0.4, -0.2) is 60.4 Å². The molecule has 0 saturated heterocycles. The molecule has 0 spiro atoms. The molecule has 8 nitrogen and oxygen atoms in total. The van der Waals surface area contributed by atoms with E-state index in [0.717, 1.165) is 0 Å². The minimum atomic E-state index is -1.12. The van der Waals surface area contributed by atoms with Crippen molar-refractivity contribution in [1.82, 2.24) is 15.5 Å². The van der Waals surface area contributed by atoms with Gasteiger partial charge in [-0.3, -0.25) is 14.4 Å². The molecule has 26 heavy (non-hydrogen) atoms. The molecule has 1 rings (SSSR count). The van der Waals surface area contributed by atoms with E-state index in [9.17, 15) is 19.2 Å². The van der Waals surface area contributed by atoms with Gasteiger partial charge >= 0.3 is 5.97 Å². The van der Waals surface area contributed by atoms with Crippen LogP contribution in [0.25, 0.3) is 0 Å². The monoisotopic (exact) mass is 363 g/mol. The summed E-state index contributed by atoms with van der Waals surface area (Å²) in [6.45, 7) is 3.35. The quantitative estimate of drug-likeness (QED) is 0.630. The maximum atomic E-state index is 12.2. The van der Waals surface area contributed by atoms with E-state index in [1.165, 1.54) is 17.0 Å². The lowest BCUT2D eigenvalue weighted by Gasteiger charge is -2.16. The Morgan fingerprint density at radius 3 is 2.27 bits per heavy atom. The molecule has 0 heterocycles. The smallest absolute Gasteiger partial charge is 0.326 e.